The van der Waals surface area contributed by atoms with Crippen LogP contribution in [0.4, 0.5) is 0 Å². The van der Waals surface area contributed by atoms with E-state index in [4.69, 9.17) is 25.7 Å². The van der Waals surface area contributed by atoms with E-state index in [1.807, 2.05) is 29.2 Å². The van der Waals surface area contributed by atoms with Crippen LogP contribution in [0.5, 0.6) is 0 Å². The molecule has 0 radical (unpaired) electrons. The molecule has 0 aliphatic carbocycles. The molecule has 2 aromatic carbocycles. The van der Waals surface area contributed by atoms with Crippen LogP contribution < -0.4 is 0 Å². The number of aromatic nitrogens is 1. The highest BCUT2D eigenvalue weighted by Crippen LogP contribution is 2.30. The van der Waals surface area contributed by atoms with E-state index in [9.17, 15) is 4.79 Å². The first kappa shape index (κ1) is 23.0. The average Bonchev–Trinajstić information content (AvgIpc) is 3.58. The van der Waals surface area contributed by atoms with Crippen molar-refractivity contribution in [2.45, 2.75) is 30.4 Å². The average molecular weight is 493 g/mol. The van der Waals surface area contributed by atoms with Crippen molar-refractivity contribution in [1.29, 1.82) is 0 Å². The first-order valence-electron chi connectivity index (χ1n) is 11.3. The minimum absolute atomic E-state index is 0.0236. The zero-order chi connectivity index (χ0) is 23.5. The van der Waals surface area contributed by atoms with Crippen LogP contribution in [0.25, 0.3) is 22.2 Å². The Kier molecular flexibility index (Phi) is 6.90. The number of furan rings is 1. The van der Waals surface area contributed by atoms with Gasteiger partial charge in [0.25, 0.3) is 5.91 Å². The molecule has 5 nitrogen and oxygen atoms in total. The second kappa shape index (κ2) is 10.2. The summed E-state index contributed by atoms with van der Waals surface area (Å²) in [5.41, 5.74) is 3.68. The lowest BCUT2D eigenvalue weighted by Crippen LogP contribution is -2.37. The Morgan fingerprint density at radius 1 is 1.18 bits per heavy atom. The molecular weight excluding hydrogens is 468 g/mol. The maximum Gasteiger partial charge on any atom is 0.289 e. The van der Waals surface area contributed by atoms with E-state index in [2.05, 4.69) is 30.5 Å². The van der Waals surface area contributed by atoms with E-state index in [1.165, 1.54) is 6.26 Å². The monoisotopic (exact) mass is 492 g/mol. The summed E-state index contributed by atoms with van der Waals surface area (Å²) in [6.07, 6.45) is 5.56. The minimum atomic E-state index is -0.152. The normalized spacial score (nSPS) is 15.6. The molecule has 7 heteroatoms. The Morgan fingerprint density at radius 3 is 2.74 bits per heavy atom. The molecular formula is C27H25ClN2O3S. The summed E-state index contributed by atoms with van der Waals surface area (Å²) in [5, 5.41) is 1.71. The van der Waals surface area contributed by atoms with Gasteiger partial charge in [0.15, 0.2) is 5.76 Å². The van der Waals surface area contributed by atoms with E-state index in [-0.39, 0.29) is 12.0 Å². The van der Waals surface area contributed by atoms with Crippen LogP contribution >= 0.6 is 23.4 Å². The number of hydrogen-bond acceptors (Lipinski definition) is 5. The van der Waals surface area contributed by atoms with E-state index in [1.54, 1.807) is 23.9 Å². The minimum Gasteiger partial charge on any atom is -0.459 e. The van der Waals surface area contributed by atoms with Crippen LogP contribution in [0.15, 0.2) is 76.2 Å². The van der Waals surface area contributed by atoms with E-state index >= 15 is 0 Å². The lowest BCUT2D eigenvalue weighted by atomic mass is 10.0. The maximum atomic E-state index is 13.4. The van der Waals surface area contributed by atoms with Gasteiger partial charge in [-0.1, -0.05) is 29.8 Å². The van der Waals surface area contributed by atoms with Gasteiger partial charge in [0.1, 0.15) is 0 Å². The number of thioether (sulfide) groups is 1. The van der Waals surface area contributed by atoms with Gasteiger partial charge in [-0.2, -0.15) is 0 Å². The van der Waals surface area contributed by atoms with Crippen molar-refractivity contribution in [2.24, 2.45) is 0 Å². The number of ether oxygens (including phenoxy) is 1. The molecule has 3 heterocycles. The summed E-state index contributed by atoms with van der Waals surface area (Å²) in [6.45, 7) is 1.63. The van der Waals surface area contributed by atoms with Crippen molar-refractivity contribution in [2.75, 3.05) is 19.4 Å². The molecule has 0 saturated carbocycles. The SMILES string of the molecule is CSc1ccc2cc(CN(CC3CCCO3)C(=O)c3ccco3)c(-c3ccc(Cl)cc3)nc2c1. The summed E-state index contributed by atoms with van der Waals surface area (Å²) in [6, 6.07) is 19.5. The van der Waals surface area contributed by atoms with Crippen LogP contribution in [0.3, 0.4) is 0 Å². The smallest absolute Gasteiger partial charge is 0.289 e. The van der Waals surface area contributed by atoms with Crippen molar-refractivity contribution >= 4 is 40.2 Å². The second-order valence-corrected chi connectivity index (χ2v) is 9.68. The van der Waals surface area contributed by atoms with Gasteiger partial charge in [0.2, 0.25) is 0 Å². The number of rotatable bonds is 7. The van der Waals surface area contributed by atoms with Gasteiger partial charge in [0, 0.05) is 40.6 Å². The number of pyridine rings is 1. The summed E-state index contributed by atoms with van der Waals surface area (Å²) in [7, 11) is 0. The molecule has 5 rings (SSSR count). The molecule has 1 unspecified atom stereocenters. The Bertz CT molecular complexity index is 1290. The van der Waals surface area contributed by atoms with Gasteiger partial charge in [-0.3, -0.25) is 4.79 Å². The molecule has 1 aliphatic rings. The molecule has 34 heavy (non-hydrogen) atoms. The molecule has 0 N–H and O–H groups in total. The molecule has 1 atom stereocenters. The van der Waals surface area contributed by atoms with Crippen LogP contribution in [-0.2, 0) is 11.3 Å². The first-order valence-corrected chi connectivity index (χ1v) is 12.9. The number of amides is 1. The fraction of sp³-hybridized carbons (Fsp3) is 0.259. The number of nitrogens with zero attached hydrogens (tertiary/aromatic N) is 2. The van der Waals surface area contributed by atoms with Gasteiger partial charge in [0.05, 0.1) is 23.6 Å². The molecule has 1 amide bonds. The molecule has 1 aliphatic heterocycles. The number of carbonyl (C=O) groups excluding carboxylic acids is 1. The fourth-order valence-electron chi connectivity index (χ4n) is 4.31. The van der Waals surface area contributed by atoms with E-state index in [0.717, 1.165) is 52.1 Å². The predicted octanol–water partition coefficient (Wildman–Crippen LogP) is 6.69. The molecule has 0 spiro atoms. The predicted molar refractivity (Wildman–Crippen MR) is 136 cm³/mol. The topological polar surface area (TPSA) is 55.6 Å². The summed E-state index contributed by atoms with van der Waals surface area (Å²) in [4.78, 5) is 21.4. The van der Waals surface area contributed by atoms with Gasteiger partial charge >= 0.3 is 0 Å². The van der Waals surface area contributed by atoms with Crippen molar-refractivity contribution in [1.82, 2.24) is 9.88 Å². The highest BCUT2D eigenvalue weighted by molar-refractivity contribution is 7.98. The Balaban J connectivity index is 1.58. The Hall–Kier alpha value is -2.80. The van der Waals surface area contributed by atoms with Gasteiger partial charge < -0.3 is 14.1 Å². The third kappa shape index (κ3) is 4.99. The third-order valence-corrected chi connectivity index (χ3v) is 7.03. The molecule has 4 aromatic rings. The summed E-state index contributed by atoms with van der Waals surface area (Å²) < 4.78 is 11.3. The van der Waals surface area contributed by atoms with Crippen molar-refractivity contribution in [3.63, 3.8) is 0 Å². The second-order valence-electron chi connectivity index (χ2n) is 8.36. The standard InChI is InChI=1S/C27H25ClN2O3S/c1-34-23-11-8-19-14-20(26(29-24(19)15-23)18-6-9-21(28)10-7-18)16-30(17-22-4-2-12-32-22)27(31)25-5-3-13-33-25/h3,5-11,13-15,22H,2,4,12,16-17H2,1H3. The molecule has 174 valence electrons. The molecule has 1 fully saturated rings. The van der Waals surface area contributed by atoms with Crippen molar-refractivity contribution in [3.05, 3.63) is 83.3 Å². The number of hydrogen-bond donors (Lipinski definition) is 0. The zero-order valence-corrected chi connectivity index (χ0v) is 20.4. The van der Waals surface area contributed by atoms with E-state index < -0.39 is 0 Å². The Labute approximate surface area is 208 Å². The molecule has 1 saturated heterocycles. The van der Waals surface area contributed by atoms with E-state index in [0.29, 0.717) is 23.9 Å². The van der Waals surface area contributed by atoms with Crippen LogP contribution in [0.1, 0.15) is 29.0 Å². The van der Waals surface area contributed by atoms with Gasteiger partial charge in [-0.15, -0.1) is 11.8 Å². The first-order chi connectivity index (χ1) is 16.6. The lowest BCUT2D eigenvalue weighted by molar-refractivity contribution is 0.0484. The molecule has 2 aromatic heterocycles. The molecule has 0 bridgehead atoms. The van der Waals surface area contributed by atoms with Gasteiger partial charge in [-0.05, 0) is 67.1 Å². The number of carbonyl (C=O) groups is 1. The number of halogens is 1. The van der Waals surface area contributed by atoms with Crippen molar-refractivity contribution in [3.8, 4) is 11.3 Å². The number of benzene rings is 2. The van der Waals surface area contributed by atoms with Crippen LogP contribution in [0.2, 0.25) is 5.02 Å². The summed E-state index contributed by atoms with van der Waals surface area (Å²) in [5.74, 6) is 0.171. The zero-order valence-electron chi connectivity index (χ0n) is 18.9. The Morgan fingerprint density at radius 2 is 2.03 bits per heavy atom. The van der Waals surface area contributed by atoms with Crippen molar-refractivity contribution < 1.29 is 13.9 Å². The summed E-state index contributed by atoms with van der Waals surface area (Å²) >= 11 is 7.84. The third-order valence-electron chi connectivity index (χ3n) is 6.05. The van der Waals surface area contributed by atoms with Crippen LogP contribution in [-0.4, -0.2) is 41.3 Å². The highest BCUT2D eigenvalue weighted by atomic mass is 35.5. The highest BCUT2D eigenvalue weighted by Gasteiger charge is 2.26. The number of fused-ring (bicyclic) bond motifs is 1. The maximum absolute atomic E-state index is 13.4. The fourth-order valence-corrected chi connectivity index (χ4v) is 4.87. The largest absolute Gasteiger partial charge is 0.459 e. The lowest BCUT2D eigenvalue weighted by Gasteiger charge is -2.26. The quantitative estimate of drug-likeness (QED) is 0.269. The van der Waals surface area contributed by atoms with Gasteiger partial charge in [-0.25, -0.2) is 4.98 Å². The van der Waals surface area contributed by atoms with Crippen LogP contribution in [0, 0.1) is 0 Å².